The van der Waals surface area contributed by atoms with E-state index >= 15 is 0 Å². The first-order valence-electron chi connectivity index (χ1n) is 7.39. The van der Waals surface area contributed by atoms with Gasteiger partial charge in [0.2, 0.25) is 0 Å². The lowest BCUT2D eigenvalue weighted by Crippen LogP contribution is -2.22. The molecule has 1 aliphatic heterocycles. The summed E-state index contributed by atoms with van der Waals surface area (Å²) in [7, 11) is 0. The second-order valence-electron chi connectivity index (χ2n) is 5.60. The molecule has 0 saturated carbocycles. The Morgan fingerprint density at radius 1 is 0.952 bits per heavy atom. The van der Waals surface area contributed by atoms with Crippen LogP contribution >= 0.6 is 0 Å². The fourth-order valence-corrected chi connectivity index (χ4v) is 3.24. The Kier molecular flexibility index (Phi) is 2.90. The van der Waals surface area contributed by atoms with E-state index < -0.39 is 0 Å². The Hall–Kier alpha value is -2.32. The summed E-state index contributed by atoms with van der Waals surface area (Å²) in [5.74, 6) is 0. The van der Waals surface area contributed by atoms with Crippen molar-refractivity contribution >= 4 is 0 Å². The SMILES string of the molecule is Cc1ccccc1[C@H]1NCc2ccccc2-n2cccc21. The van der Waals surface area contributed by atoms with Crippen molar-refractivity contribution in [2.75, 3.05) is 0 Å². The summed E-state index contributed by atoms with van der Waals surface area (Å²) >= 11 is 0. The van der Waals surface area contributed by atoms with E-state index in [2.05, 4.69) is 83.7 Å². The van der Waals surface area contributed by atoms with E-state index in [1.807, 2.05) is 0 Å². The van der Waals surface area contributed by atoms with E-state index in [0.717, 1.165) is 6.54 Å². The molecular formula is C19H18N2. The third-order valence-electron chi connectivity index (χ3n) is 4.32. The second-order valence-corrected chi connectivity index (χ2v) is 5.60. The van der Waals surface area contributed by atoms with E-state index in [1.165, 1.54) is 28.1 Å². The zero-order valence-corrected chi connectivity index (χ0v) is 12.1. The maximum atomic E-state index is 3.72. The van der Waals surface area contributed by atoms with E-state index in [4.69, 9.17) is 0 Å². The lowest BCUT2D eigenvalue weighted by Gasteiger charge is -2.20. The van der Waals surface area contributed by atoms with E-state index in [1.54, 1.807) is 0 Å². The molecule has 0 aliphatic carbocycles. The molecular weight excluding hydrogens is 256 g/mol. The fraction of sp³-hybridized carbons (Fsp3) is 0.158. The molecule has 0 fully saturated rings. The summed E-state index contributed by atoms with van der Waals surface area (Å²) in [6.45, 7) is 3.07. The molecule has 1 aliphatic rings. The molecule has 104 valence electrons. The molecule has 0 radical (unpaired) electrons. The molecule has 2 nitrogen and oxygen atoms in total. The van der Waals surface area contributed by atoms with E-state index in [9.17, 15) is 0 Å². The van der Waals surface area contributed by atoms with Gasteiger partial charge in [0.05, 0.1) is 6.04 Å². The smallest absolute Gasteiger partial charge is 0.0740 e. The van der Waals surface area contributed by atoms with Gasteiger partial charge >= 0.3 is 0 Å². The Balaban J connectivity index is 1.90. The molecule has 0 amide bonds. The highest BCUT2D eigenvalue weighted by Crippen LogP contribution is 2.31. The third-order valence-corrected chi connectivity index (χ3v) is 4.32. The quantitative estimate of drug-likeness (QED) is 0.710. The summed E-state index contributed by atoms with van der Waals surface area (Å²) < 4.78 is 2.31. The van der Waals surface area contributed by atoms with Crippen molar-refractivity contribution in [1.82, 2.24) is 9.88 Å². The van der Waals surface area contributed by atoms with Gasteiger partial charge in [-0.15, -0.1) is 0 Å². The Labute approximate surface area is 125 Å². The molecule has 1 atom stereocenters. The van der Waals surface area contributed by atoms with Crippen LogP contribution in [0.15, 0.2) is 66.9 Å². The van der Waals surface area contributed by atoms with Gasteiger partial charge in [-0.05, 0) is 41.8 Å². The van der Waals surface area contributed by atoms with Gasteiger partial charge in [0, 0.05) is 24.1 Å². The molecule has 0 unspecified atom stereocenters. The first kappa shape index (κ1) is 12.4. The van der Waals surface area contributed by atoms with E-state index in [-0.39, 0.29) is 6.04 Å². The molecule has 4 rings (SSSR count). The summed E-state index contributed by atoms with van der Waals surface area (Å²) in [5.41, 5.74) is 6.60. The highest BCUT2D eigenvalue weighted by atomic mass is 15.1. The molecule has 3 aromatic rings. The van der Waals surface area contributed by atoms with Crippen LogP contribution in [-0.4, -0.2) is 4.57 Å². The lowest BCUT2D eigenvalue weighted by molar-refractivity contribution is 0.598. The van der Waals surface area contributed by atoms with Gasteiger partial charge in [-0.25, -0.2) is 0 Å². The minimum Gasteiger partial charge on any atom is -0.319 e. The number of fused-ring (bicyclic) bond motifs is 3. The van der Waals surface area contributed by atoms with Gasteiger partial charge < -0.3 is 9.88 Å². The Morgan fingerprint density at radius 2 is 1.76 bits per heavy atom. The van der Waals surface area contributed by atoms with Crippen molar-refractivity contribution in [1.29, 1.82) is 0 Å². The third kappa shape index (κ3) is 1.99. The molecule has 2 aromatic carbocycles. The predicted molar refractivity (Wildman–Crippen MR) is 85.6 cm³/mol. The number of rotatable bonds is 1. The Bertz CT molecular complexity index is 786. The van der Waals surface area contributed by atoms with Crippen molar-refractivity contribution in [3.05, 3.63) is 89.2 Å². The van der Waals surface area contributed by atoms with Gasteiger partial charge in [-0.1, -0.05) is 42.5 Å². The average molecular weight is 274 g/mol. The van der Waals surface area contributed by atoms with Gasteiger partial charge in [0.15, 0.2) is 0 Å². The minimum absolute atomic E-state index is 0.230. The number of nitrogens with zero attached hydrogens (tertiary/aromatic N) is 1. The van der Waals surface area contributed by atoms with E-state index in [0.29, 0.717) is 0 Å². The first-order valence-corrected chi connectivity index (χ1v) is 7.39. The molecule has 2 heteroatoms. The van der Waals surface area contributed by atoms with Gasteiger partial charge in [-0.2, -0.15) is 0 Å². The van der Waals surface area contributed by atoms with Crippen LogP contribution in [0.3, 0.4) is 0 Å². The average Bonchev–Trinajstić information content (AvgIpc) is 2.93. The Morgan fingerprint density at radius 3 is 2.67 bits per heavy atom. The predicted octanol–water partition coefficient (Wildman–Crippen LogP) is 3.98. The summed E-state index contributed by atoms with van der Waals surface area (Å²) in [4.78, 5) is 0. The van der Waals surface area contributed by atoms with Crippen LogP contribution in [0.5, 0.6) is 0 Å². The number of benzene rings is 2. The second kappa shape index (κ2) is 4.90. The fourth-order valence-electron chi connectivity index (χ4n) is 3.24. The summed E-state index contributed by atoms with van der Waals surface area (Å²) in [5, 5.41) is 3.72. The first-order chi connectivity index (χ1) is 10.3. The van der Waals surface area contributed by atoms with Gasteiger partial charge in [0.1, 0.15) is 0 Å². The van der Waals surface area contributed by atoms with Crippen molar-refractivity contribution in [2.24, 2.45) is 0 Å². The van der Waals surface area contributed by atoms with Crippen LogP contribution in [0.4, 0.5) is 0 Å². The van der Waals surface area contributed by atoms with Crippen LogP contribution in [0.25, 0.3) is 5.69 Å². The van der Waals surface area contributed by atoms with Crippen LogP contribution in [0.2, 0.25) is 0 Å². The lowest BCUT2D eigenvalue weighted by atomic mass is 9.99. The zero-order valence-electron chi connectivity index (χ0n) is 12.1. The largest absolute Gasteiger partial charge is 0.319 e. The molecule has 1 N–H and O–H groups in total. The summed E-state index contributed by atoms with van der Waals surface area (Å²) in [6.07, 6.45) is 2.16. The molecule has 0 saturated heterocycles. The van der Waals surface area contributed by atoms with Gasteiger partial charge in [0.25, 0.3) is 0 Å². The summed E-state index contributed by atoms with van der Waals surface area (Å²) in [6, 6.07) is 21.8. The van der Waals surface area contributed by atoms with Crippen molar-refractivity contribution in [3.63, 3.8) is 0 Å². The monoisotopic (exact) mass is 274 g/mol. The maximum Gasteiger partial charge on any atom is 0.0740 e. The van der Waals surface area contributed by atoms with Crippen LogP contribution in [0, 0.1) is 6.92 Å². The van der Waals surface area contributed by atoms with Crippen molar-refractivity contribution in [3.8, 4) is 5.69 Å². The van der Waals surface area contributed by atoms with Crippen LogP contribution in [0.1, 0.15) is 28.4 Å². The minimum atomic E-state index is 0.230. The number of hydrogen-bond acceptors (Lipinski definition) is 1. The zero-order chi connectivity index (χ0) is 14.2. The number of nitrogens with one attached hydrogen (secondary N) is 1. The highest BCUT2D eigenvalue weighted by molar-refractivity contribution is 5.47. The molecule has 0 spiro atoms. The van der Waals surface area contributed by atoms with Crippen LogP contribution in [-0.2, 0) is 6.54 Å². The molecule has 0 bridgehead atoms. The highest BCUT2D eigenvalue weighted by Gasteiger charge is 2.23. The standard InChI is InChI=1S/C19H18N2/c1-14-7-2-4-9-16(14)19-18-11-6-12-21(18)17-10-5-3-8-15(17)13-20-19/h2-12,19-20H,13H2,1H3/t19-/m1/s1. The van der Waals surface area contributed by atoms with Crippen molar-refractivity contribution in [2.45, 2.75) is 19.5 Å². The van der Waals surface area contributed by atoms with Crippen molar-refractivity contribution < 1.29 is 0 Å². The number of aromatic nitrogens is 1. The molecule has 2 heterocycles. The van der Waals surface area contributed by atoms with Crippen LogP contribution < -0.4 is 5.32 Å². The number of aryl methyl sites for hydroxylation is 1. The maximum absolute atomic E-state index is 3.72. The normalized spacial score (nSPS) is 16.9. The molecule has 1 aromatic heterocycles. The number of hydrogen-bond donors (Lipinski definition) is 1. The topological polar surface area (TPSA) is 17.0 Å². The van der Waals surface area contributed by atoms with Gasteiger partial charge in [-0.3, -0.25) is 0 Å². The number of para-hydroxylation sites is 1. The molecule has 21 heavy (non-hydrogen) atoms.